The summed E-state index contributed by atoms with van der Waals surface area (Å²) in [5.41, 5.74) is 1.98. The third-order valence-corrected chi connectivity index (χ3v) is 6.55. The molecule has 4 rings (SSSR count). The maximum Gasteiger partial charge on any atom is 0.266 e. The first-order valence-electron chi connectivity index (χ1n) is 9.77. The highest BCUT2D eigenvalue weighted by Crippen LogP contribution is 2.33. The third-order valence-electron chi connectivity index (χ3n) is 5.49. The van der Waals surface area contributed by atoms with Crippen LogP contribution in [-0.2, 0) is 4.74 Å². The first-order chi connectivity index (χ1) is 13.1. The van der Waals surface area contributed by atoms with Gasteiger partial charge in [0, 0.05) is 13.1 Å². The second-order valence-corrected chi connectivity index (χ2v) is 8.62. The van der Waals surface area contributed by atoms with Crippen molar-refractivity contribution in [3.05, 3.63) is 51.5 Å². The molecule has 5 nitrogen and oxygen atoms in total. The SMILES string of the molecule is Cc1nc(C)c(C(=O)N2CCO[C@@H](CN3CCCC3)[C@@H]2c2ccccc2)s1. The number of hydrogen-bond donors (Lipinski definition) is 0. The number of benzene rings is 1. The summed E-state index contributed by atoms with van der Waals surface area (Å²) < 4.78 is 6.21. The number of likely N-dealkylation sites (tertiary alicyclic amines) is 1. The highest BCUT2D eigenvalue weighted by molar-refractivity contribution is 7.13. The van der Waals surface area contributed by atoms with Crippen LogP contribution in [0.2, 0.25) is 0 Å². The van der Waals surface area contributed by atoms with Gasteiger partial charge < -0.3 is 14.5 Å². The molecule has 0 N–H and O–H groups in total. The molecule has 0 spiro atoms. The van der Waals surface area contributed by atoms with E-state index in [1.54, 1.807) is 0 Å². The number of aryl methyl sites for hydroxylation is 2. The van der Waals surface area contributed by atoms with Crippen molar-refractivity contribution in [1.82, 2.24) is 14.8 Å². The van der Waals surface area contributed by atoms with Crippen LogP contribution in [0.5, 0.6) is 0 Å². The van der Waals surface area contributed by atoms with Gasteiger partial charge in [0.2, 0.25) is 0 Å². The minimum absolute atomic E-state index is 0.00229. The van der Waals surface area contributed by atoms with Gasteiger partial charge in [-0.25, -0.2) is 4.98 Å². The number of morpholine rings is 1. The molecule has 3 heterocycles. The summed E-state index contributed by atoms with van der Waals surface area (Å²) in [4.78, 5) is 23.1. The molecule has 27 heavy (non-hydrogen) atoms. The number of rotatable bonds is 4. The fraction of sp³-hybridized carbons (Fsp3) is 0.524. The molecule has 0 aliphatic carbocycles. The fourth-order valence-electron chi connectivity index (χ4n) is 4.24. The van der Waals surface area contributed by atoms with Crippen molar-refractivity contribution in [2.24, 2.45) is 0 Å². The van der Waals surface area contributed by atoms with Crippen molar-refractivity contribution in [3.63, 3.8) is 0 Å². The zero-order valence-electron chi connectivity index (χ0n) is 16.1. The molecule has 144 valence electrons. The summed E-state index contributed by atoms with van der Waals surface area (Å²) >= 11 is 1.49. The lowest BCUT2D eigenvalue weighted by Gasteiger charge is -2.42. The maximum absolute atomic E-state index is 13.4. The lowest BCUT2D eigenvalue weighted by molar-refractivity contribution is -0.0706. The monoisotopic (exact) mass is 385 g/mol. The van der Waals surface area contributed by atoms with Gasteiger partial charge in [-0.2, -0.15) is 0 Å². The number of thiazole rings is 1. The highest BCUT2D eigenvalue weighted by atomic mass is 32.1. The lowest BCUT2D eigenvalue weighted by atomic mass is 9.97. The molecule has 2 fully saturated rings. The van der Waals surface area contributed by atoms with E-state index in [0.717, 1.165) is 40.8 Å². The molecule has 0 saturated carbocycles. The van der Waals surface area contributed by atoms with Crippen LogP contribution in [0, 0.1) is 13.8 Å². The molecule has 1 amide bonds. The number of hydrogen-bond acceptors (Lipinski definition) is 5. The highest BCUT2D eigenvalue weighted by Gasteiger charge is 2.38. The summed E-state index contributed by atoms with van der Waals surface area (Å²) in [6, 6.07) is 10.3. The summed E-state index contributed by atoms with van der Waals surface area (Å²) in [5, 5.41) is 0.939. The van der Waals surface area contributed by atoms with E-state index in [2.05, 4.69) is 22.0 Å². The van der Waals surface area contributed by atoms with Gasteiger partial charge in [0.05, 0.1) is 29.5 Å². The molecule has 2 aliphatic heterocycles. The van der Waals surface area contributed by atoms with Gasteiger partial charge in [0.1, 0.15) is 4.88 Å². The summed E-state index contributed by atoms with van der Waals surface area (Å²) in [7, 11) is 0. The zero-order chi connectivity index (χ0) is 18.8. The number of amides is 1. The van der Waals surface area contributed by atoms with Crippen LogP contribution < -0.4 is 0 Å². The lowest BCUT2D eigenvalue weighted by Crippen LogP contribution is -2.51. The van der Waals surface area contributed by atoms with E-state index in [1.165, 1.54) is 24.2 Å². The van der Waals surface area contributed by atoms with E-state index in [4.69, 9.17) is 4.74 Å². The predicted octanol–water partition coefficient (Wildman–Crippen LogP) is 3.44. The standard InChI is InChI=1S/C21H27N3O2S/c1-15-20(27-16(2)22-15)21(25)24-12-13-26-18(14-23-10-6-7-11-23)19(24)17-8-4-3-5-9-17/h3-5,8-9,18-19H,6-7,10-14H2,1-2H3/t18-,19-/m0/s1. The molecule has 2 aromatic rings. The Morgan fingerprint density at radius 3 is 2.59 bits per heavy atom. The van der Waals surface area contributed by atoms with Crippen molar-refractivity contribution in [3.8, 4) is 0 Å². The molecule has 0 radical (unpaired) electrons. The Bertz CT molecular complexity index is 786. The molecule has 1 aromatic carbocycles. The van der Waals surface area contributed by atoms with Crippen LogP contribution in [0.15, 0.2) is 30.3 Å². The van der Waals surface area contributed by atoms with Crippen molar-refractivity contribution in [2.45, 2.75) is 38.8 Å². The van der Waals surface area contributed by atoms with Crippen LogP contribution in [0.1, 0.15) is 44.8 Å². The summed E-state index contributed by atoms with van der Waals surface area (Å²) in [5.74, 6) is 0.0849. The predicted molar refractivity (Wildman–Crippen MR) is 107 cm³/mol. The minimum Gasteiger partial charge on any atom is -0.373 e. The average Bonchev–Trinajstić information content (AvgIpc) is 3.30. The molecule has 1 aromatic heterocycles. The second-order valence-electron chi connectivity index (χ2n) is 7.42. The van der Waals surface area contributed by atoms with Crippen molar-refractivity contribution in [2.75, 3.05) is 32.8 Å². The molecular formula is C21H27N3O2S. The van der Waals surface area contributed by atoms with Crippen LogP contribution >= 0.6 is 11.3 Å². The topological polar surface area (TPSA) is 45.7 Å². The van der Waals surface area contributed by atoms with Crippen molar-refractivity contribution < 1.29 is 9.53 Å². The first-order valence-corrected chi connectivity index (χ1v) is 10.6. The smallest absolute Gasteiger partial charge is 0.266 e. The van der Waals surface area contributed by atoms with Crippen LogP contribution in [0.4, 0.5) is 0 Å². The fourth-order valence-corrected chi connectivity index (χ4v) is 5.11. The number of carbonyl (C=O) groups is 1. The maximum atomic E-state index is 13.4. The van der Waals surface area contributed by atoms with Crippen LogP contribution in [0.3, 0.4) is 0 Å². The van der Waals surface area contributed by atoms with E-state index in [0.29, 0.717) is 13.2 Å². The van der Waals surface area contributed by atoms with Gasteiger partial charge in [-0.1, -0.05) is 30.3 Å². The van der Waals surface area contributed by atoms with Gasteiger partial charge in [0.15, 0.2) is 0 Å². The number of carbonyl (C=O) groups excluding carboxylic acids is 1. The molecule has 0 unspecified atom stereocenters. The molecule has 0 bridgehead atoms. The van der Waals surface area contributed by atoms with Gasteiger partial charge in [0.25, 0.3) is 5.91 Å². The Hall–Kier alpha value is -1.76. The number of ether oxygens (including phenoxy) is 1. The van der Waals surface area contributed by atoms with E-state index >= 15 is 0 Å². The number of nitrogens with zero attached hydrogens (tertiary/aromatic N) is 3. The Labute approximate surface area is 165 Å². The van der Waals surface area contributed by atoms with E-state index in [-0.39, 0.29) is 18.1 Å². The molecular weight excluding hydrogens is 358 g/mol. The van der Waals surface area contributed by atoms with E-state index < -0.39 is 0 Å². The Morgan fingerprint density at radius 2 is 1.93 bits per heavy atom. The largest absolute Gasteiger partial charge is 0.373 e. The zero-order valence-corrected chi connectivity index (χ0v) is 16.9. The van der Waals surface area contributed by atoms with Gasteiger partial charge >= 0.3 is 0 Å². The van der Waals surface area contributed by atoms with Crippen LogP contribution in [0.25, 0.3) is 0 Å². The molecule has 2 saturated heterocycles. The van der Waals surface area contributed by atoms with Crippen molar-refractivity contribution >= 4 is 17.2 Å². The normalized spacial score (nSPS) is 23.7. The Balaban J connectivity index is 1.65. The third kappa shape index (κ3) is 3.93. The summed E-state index contributed by atoms with van der Waals surface area (Å²) in [6.07, 6.45) is 2.51. The molecule has 6 heteroatoms. The first kappa shape index (κ1) is 18.6. The van der Waals surface area contributed by atoms with Crippen molar-refractivity contribution in [1.29, 1.82) is 0 Å². The Kier molecular flexibility index (Phi) is 5.57. The van der Waals surface area contributed by atoms with Gasteiger partial charge in [-0.05, 0) is 45.3 Å². The van der Waals surface area contributed by atoms with Gasteiger partial charge in [-0.3, -0.25) is 4.79 Å². The van der Waals surface area contributed by atoms with Gasteiger partial charge in [-0.15, -0.1) is 11.3 Å². The Morgan fingerprint density at radius 1 is 1.19 bits per heavy atom. The number of aromatic nitrogens is 1. The van der Waals surface area contributed by atoms with E-state index in [1.807, 2.05) is 36.9 Å². The summed E-state index contributed by atoms with van der Waals surface area (Å²) in [6.45, 7) is 8.22. The average molecular weight is 386 g/mol. The quantitative estimate of drug-likeness (QED) is 0.809. The molecule has 2 aliphatic rings. The van der Waals surface area contributed by atoms with E-state index in [9.17, 15) is 4.79 Å². The van der Waals surface area contributed by atoms with Crippen LogP contribution in [-0.4, -0.2) is 59.6 Å². The molecule has 2 atom stereocenters. The minimum atomic E-state index is -0.0603. The second kappa shape index (κ2) is 8.09.